The minimum atomic E-state index is 0.599. The summed E-state index contributed by atoms with van der Waals surface area (Å²) >= 11 is 0. The summed E-state index contributed by atoms with van der Waals surface area (Å²) < 4.78 is 5.16. The summed E-state index contributed by atoms with van der Waals surface area (Å²) in [7, 11) is 1.71. The van der Waals surface area contributed by atoms with Gasteiger partial charge in [0.15, 0.2) is 0 Å². The molecule has 16 heavy (non-hydrogen) atoms. The Bertz CT molecular complexity index is 324. The van der Waals surface area contributed by atoms with Gasteiger partial charge in [0.05, 0.1) is 12.3 Å². The van der Waals surface area contributed by atoms with Gasteiger partial charge in [0.1, 0.15) is 0 Å². The number of pyridine rings is 1. The Morgan fingerprint density at radius 1 is 1.44 bits per heavy atom. The number of rotatable bonds is 4. The van der Waals surface area contributed by atoms with Gasteiger partial charge in [-0.15, -0.1) is 0 Å². The Hall–Kier alpha value is -0.970. The molecule has 0 aliphatic carbocycles. The van der Waals surface area contributed by atoms with Crippen LogP contribution in [0.1, 0.15) is 11.3 Å². The van der Waals surface area contributed by atoms with Crippen LogP contribution in [0.4, 0.5) is 0 Å². The van der Waals surface area contributed by atoms with Crippen LogP contribution in [0.15, 0.2) is 18.3 Å². The maximum atomic E-state index is 5.16. The fraction of sp³-hybridized carbons (Fsp3) is 0.583. The highest BCUT2D eigenvalue weighted by atomic mass is 16.5. The molecule has 88 valence electrons. The molecule has 0 saturated carbocycles. The molecule has 0 aromatic carbocycles. The van der Waals surface area contributed by atoms with Gasteiger partial charge in [-0.05, 0) is 11.6 Å². The van der Waals surface area contributed by atoms with Gasteiger partial charge < -0.3 is 10.1 Å². The molecule has 1 N–H and O–H groups in total. The average molecular weight is 221 g/mol. The van der Waals surface area contributed by atoms with Crippen LogP contribution in [-0.2, 0) is 17.9 Å². The molecule has 0 amide bonds. The first-order valence-electron chi connectivity index (χ1n) is 5.75. The third kappa shape index (κ3) is 3.01. The second-order valence-electron chi connectivity index (χ2n) is 4.07. The van der Waals surface area contributed by atoms with E-state index in [1.165, 1.54) is 5.56 Å². The number of piperazine rings is 1. The molecule has 2 heterocycles. The Kier molecular flexibility index (Phi) is 4.27. The van der Waals surface area contributed by atoms with E-state index in [0.29, 0.717) is 6.61 Å². The van der Waals surface area contributed by atoms with Gasteiger partial charge in [-0.2, -0.15) is 0 Å². The van der Waals surface area contributed by atoms with Crippen molar-refractivity contribution in [2.45, 2.75) is 13.2 Å². The van der Waals surface area contributed by atoms with Crippen LogP contribution in [0.25, 0.3) is 0 Å². The molecule has 1 aromatic heterocycles. The summed E-state index contributed by atoms with van der Waals surface area (Å²) in [6.07, 6.45) is 1.83. The highest BCUT2D eigenvalue weighted by Crippen LogP contribution is 2.10. The van der Waals surface area contributed by atoms with Gasteiger partial charge >= 0.3 is 0 Å². The summed E-state index contributed by atoms with van der Waals surface area (Å²) in [5.74, 6) is 0. The largest absolute Gasteiger partial charge is 0.378 e. The van der Waals surface area contributed by atoms with Crippen LogP contribution in [0.5, 0.6) is 0 Å². The molecule has 1 fully saturated rings. The Labute approximate surface area is 96.6 Å². The Morgan fingerprint density at radius 3 is 3.00 bits per heavy atom. The summed E-state index contributed by atoms with van der Waals surface area (Å²) in [4.78, 5) is 6.82. The second-order valence-corrected chi connectivity index (χ2v) is 4.07. The highest BCUT2D eigenvalue weighted by Gasteiger charge is 2.12. The van der Waals surface area contributed by atoms with Crippen LogP contribution in [0.2, 0.25) is 0 Å². The maximum Gasteiger partial charge on any atom is 0.0887 e. The lowest BCUT2D eigenvalue weighted by atomic mass is 10.1. The van der Waals surface area contributed by atoms with Gasteiger partial charge in [0.2, 0.25) is 0 Å². The predicted octanol–water partition coefficient (Wildman–Crippen LogP) is 0.633. The van der Waals surface area contributed by atoms with Crippen LogP contribution < -0.4 is 5.32 Å². The summed E-state index contributed by atoms with van der Waals surface area (Å²) in [5, 5.41) is 3.36. The first kappa shape index (κ1) is 11.5. The third-order valence-corrected chi connectivity index (χ3v) is 2.87. The lowest BCUT2D eigenvalue weighted by Crippen LogP contribution is -2.43. The number of ether oxygens (including phenoxy) is 1. The second kappa shape index (κ2) is 5.94. The van der Waals surface area contributed by atoms with Gasteiger partial charge in [-0.3, -0.25) is 9.88 Å². The van der Waals surface area contributed by atoms with Gasteiger partial charge in [-0.25, -0.2) is 0 Å². The molecule has 1 aromatic rings. The molecule has 4 heteroatoms. The van der Waals surface area contributed by atoms with Crippen LogP contribution in [0.3, 0.4) is 0 Å². The molecule has 0 radical (unpaired) electrons. The van der Waals surface area contributed by atoms with Crippen molar-refractivity contribution in [2.75, 3.05) is 33.3 Å². The molecule has 0 unspecified atom stereocenters. The van der Waals surface area contributed by atoms with E-state index < -0.39 is 0 Å². The highest BCUT2D eigenvalue weighted by molar-refractivity contribution is 5.19. The van der Waals surface area contributed by atoms with Gasteiger partial charge in [0.25, 0.3) is 0 Å². The summed E-state index contributed by atoms with van der Waals surface area (Å²) in [6.45, 7) is 5.97. The predicted molar refractivity (Wildman–Crippen MR) is 63.1 cm³/mol. The number of aromatic nitrogens is 1. The van der Waals surface area contributed by atoms with Crippen molar-refractivity contribution >= 4 is 0 Å². The van der Waals surface area contributed by atoms with Crippen molar-refractivity contribution in [3.8, 4) is 0 Å². The van der Waals surface area contributed by atoms with E-state index in [1.807, 2.05) is 12.3 Å². The summed E-state index contributed by atoms with van der Waals surface area (Å²) in [5.41, 5.74) is 2.34. The number of hydrogen-bond acceptors (Lipinski definition) is 4. The molecule has 1 aliphatic heterocycles. The molecule has 0 spiro atoms. The topological polar surface area (TPSA) is 37.4 Å². The van der Waals surface area contributed by atoms with Crippen molar-refractivity contribution in [1.29, 1.82) is 0 Å². The molecule has 0 bridgehead atoms. The van der Waals surface area contributed by atoms with Crippen LogP contribution in [0, 0.1) is 0 Å². The standard InChI is InChI=1S/C12H19N3O/c1-16-10-12-11(3-2-4-14-12)9-15-7-5-13-6-8-15/h2-4,13H,5-10H2,1H3. The van der Waals surface area contributed by atoms with Crippen molar-refractivity contribution in [2.24, 2.45) is 0 Å². The zero-order valence-corrected chi connectivity index (χ0v) is 9.78. The zero-order chi connectivity index (χ0) is 11.2. The van der Waals surface area contributed by atoms with Crippen molar-refractivity contribution in [1.82, 2.24) is 15.2 Å². The van der Waals surface area contributed by atoms with E-state index >= 15 is 0 Å². The number of nitrogens with zero attached hydrogens (tertiary/aromatic N) is 2. The van der Waals surface area contributed by atoms with E-state index in [-0.39, 0.29) is 0 Å². The first-order valence-corrected chi connectivity index (χ1v) is 5.75. The number of methoxy groups -OCH3 is 1. The molecular weight excluding hydrogens is 202 g/mol. The van der Waals surface area contributed by atoms with E-state index in [9.17, 15) is 0 Å². The monoisotopic (exact) mass is 221 g/mol. The molecule has 4 nitrogen and oxygen atoms in total. The SMILES string of the molecule is COCc1ncccc1CN1CCNCC1. The number of nitrogens with one attached hydrogen (secondary N) is 1. The lowest BCUT2D eigenvalue weighted by molar-refractivity contribution is 0.177. The Morgan fingerprint density at radius 2 is 2.25 bits per heavy atom. The third-order valence-electron chi connectivity index (χ3n) is 2.87. The smallest absolute Gasteiger partial charge is 0.0887 e. The van der Waals surface area contributed by atoms with Gasteiger partial charge in [0, 0.05) is 46.0 Å². The molecular formula is C12H19N3O. The van der Waals surface area contributed by atoms with Crippen LogP contribution >= 0.6 is 0 Å². The molecule has 2 rings (SSSR count). The molecule has 0 atom stereocenters. The number of hydrogen-bond donors (Lipinski definition) is 1. The van der Waals surface area contributed by atoms with Crippen LogP contribution in [-0.4, -0.2) is 43.2 Å². The fourth-order valence-electron chi connectivity index (χ4n) is 1.99. The Balaban J connectivity index is 2.01. The van der Waals surface area contributed by atoms with Crippen molar-refractivity contribution in [3.63, 3.8) is 0 Å². The van der Waals surface area contributed by atoms with E-state index in [4.69, 9.17) is 4.74 Å². The maximum absolute atomic E-state index is 5.16. The van der Waals surface area contributed by atoms with E-state index in [2.05, 4.69) is 21.3 Å². The minimum absolute atomic E-state index is 0.599. The molecule has 1 aliphatic rings. The van der Waals surface area contributed by atoms with Crippen molar-refractivity contribution in [3.05, 3.63) is 29.6 Å². The lowest BCUT2D eigenvalue weighted by Gasteiger charge is -2.27. The minimum Gasteiger partial charge on any atom is -0.378 e. The molecule has 1 saturated heterocycles. The summed E-state index contributed by atoms with van der Waals surface area (Å²) in [6, 6.07) is 4.14. The van der Waals surface area contributed by atoms with Gasteiger partial charge in [-0.1, -0.05) is 6.07 Å². The van der Waals surface area contributed by atoms with E-state index in [1.54, 1.807) is 7.11 Å². The normalized spacial score (nSPS) is 17.6. The fourth-order valence-corrected chi connectivity index (χ4v) is 1.99. The first-order chi connectivity index (χ1) is 7.90. The average Bonchev–Trinajstić information content (AvgIpc) is 2.33. The van der Waals surface area contributed by atoms with E-state index in [0.717, 1.165) is 38.4 Å². The quantitative estimate of drug-likeness (QED) is 0.809. The van der Waals surface area contributed by atoms with Crippen molar-refractivity contribution < 1.29 is 4.74 Å². The zero-order valence-electron chi connectivity index (χ0n) is 9.78.